The molecule has 6 heterocycles. The van der Waals surface area contributed by atoms with Crippen LogP contribution >= 0.6 is 31.9 Å². The summed E-state index contributed by atoms with van der Waals surface area (Å²) >= 11 is 6.73. The second-order valence-corrected chi connectivity index (χ2v) is 10.0. The molecule has 6 rings (SSSR count). The maximum Gasteiger partial charge on any atom is 0.256 e. The van der Waals surface area contributed by atoms with Crippen molar-refractivity contribution in [1.29, 1.82) is 0 Å². The zero-order valence-electron chi connectivity index (χ0n) is 19.2. The number of pyridine rings is 2. The molecule has 0 spiro atoms. The third-order valence-electron chi connectivity index (χ3n) is 6.62. The van der Waals surface area contributed by atoms with Gasteiger partial charge in [0.2, 0.25) is 0 Å². The van der Waals surface area contributed by atoms with Crippen LogP contribution < -0.4 is 5.32 Å². The van der Waals surface area contributed by atoms with Crippen molar-refractivity contribution in [1.82, 2.24) is 29.3 Å². The summed E-state index contributed by atoms with van der Waals surface area (Å²) in [5, 5.41) is 4.75. The highest BCUT2D eigenvalue weighted by Gasteiger charge is 2.29. The predicted octanol–water partition coefficient (Wildman–Crippen LogP) is 3.98. The Hall–Kier alpha value is -2.72. The lowest BCUT2D eigenvalue weighted by molar-refractivity contribution is 0.0749. The molecule has 0 bridgehead atoms. The molecule has 0 unspecified atom stereocenters. The summed E-state index contributed by atoms with van der Waals surface area (Å²) in [6.07, 6.45) is 1.77. The van der Waals surface area contributed by atoms with Crippen molar-refractivity contribution in [2.45, 2.75) is 19.8 Å². The van der Waals surface area contributed by atoms with E-state index in [1.807, 2.05) is 59.3 Å². The SMILES string of the molecule is CCN1CCc2c(c3ccc(Br)nc3n2C)C1=O.Cn1c2c(c3ccc(Br)nc31)C(=O)NCC2. The largest absolute Gasteiger partial charge is 0.352 e. The van der Waals surface area contributed by atoms with E-state index in [1.54, 1.807) is 0 Å². The molecular weight excluding hydrogens is 564 g/mol. The Balaban J connectivity index is 0.000000142. The summed E-state index contributed by atoms with van der Waals surface area (Å²) in [5.74, 6) is 0.143. The van der Waals surface area contributed by atoms with Crippen molar-refractivity contribution >= 4 is 65.7 Å². The Kier molecular flexibility index (Phi) is 5.97. The summed E-state index contributed by atoms with van der Waals surface area (Å²) in [5.41, 5.74) is 5.52. The minimum atomic E-state index is 0.0102. The van der Waals surface area contributed by atoms with Gasteiger partial charge >= 0.3 is 0 Å². The first kappa shape index (κ1) is 23.0. The van der Waals surface area contributed by atoms with Crippen molar-refractivity contribution < 1.29 is 9.59 Å². The fraction of sp³-hybridized carbons (Fsp3) is 0.333. The Morgan fingerprint density at radius 1 is 0.882 bits per heavy atom. The molecule has 0 fully saturated rings. The lowest BCUT2D eigenvalue weighted by atomic mass is 10.0. The Labute approximate surface area is 213 Å². The summed E-state index contributed by atoms with van der Waals surface area (Å²) in [7, 11) is 3.94. The van der Waals surface area contributed by atoms with Crippen LogP contribution in [0, 0.1) is 0 Å². The first-order valence-electron chi connectivity index (χ1n) is 11.2. The molecule has 4 aromatic rings. The standard InChI is InChI=1S/C13H14BrN3O.C11H10BrN3O/c1-3-17-7-6-9-11(13(17)18)8-4-5-10(14)15-12(8)16(9)2;1-15-7-4-5-13-11(16)9(7)6-2-3-8(12)14-10(6)15/h4-5H,3,6-7H2,1-2H3;2-3H,4-5H2,1H3,(H,13,16). The summed E-state index contributed by atoms with van der Waals surface area (Å²) < 4.78 is 5.64. The molecular formula is C24H24Br2N6O2. The molecule has 1 N–H and O–H groups in total. The molecule has 0 radical (unpaired) electrons. The number of carbonyl (C=O) groups excluding carboxylic acids is 2. The summed E-state index contributed by atoms with van der Waals surface area (Å²) in [6.45, 7) is 4.28. The highest BCUT2D eigenvalue weighted by atomic mass is 79.9. The molecule has 10 heteroatoms. The molecule has 0 aromatic carbocycles. The molecule has 2 amide bonds. The third kappa shape index (κ3) is 3.63. The van der Waals surface area contributed by atoms with Gasteiger partial charge in [0.05, 0.1) is 11.1 Å². The van der Waals surface area contributed by atoms with Gasteiger partial charge in [-0.15, -0.1) is 0 Å². The monoisotopic (exact) mass is 586 g/mol. The van der Waals surface area contributed by atoms with E-state index < -0.39 is 0 Å². The van der Waals surface area contributed by atoms with Crippen LogP contribution in [0.1, 0.15) is 39.0 Å². The van der Waals surface area contributed by atoms with E-state index in [0.29, 0.717) is 6.54 Å². The minimum absolute atomic E-state index is 0.0102. The van der Waals surface area contributed by atoms with Gasteiger partial charge < -0.3 is 19.4 Å². The number of fused-ring (bicyclic) bond motifs is 6. The normalized spacial score (nSPS) is 15.1. The van der Waals surface area contributed by atoms with Crippen LogP contribution in [-0.2, 0) is 26.9 Å². The summed E-state index contributed by atoms with van der Waals surface area (Å²) in [4.78, 5) is 35.0. The average molecular weight is 588 g/mol. The number of aromatic nitrogens is 4. The first-order valence-corrected chi connectivity index (χ1v) is 12.8. The number of nitrogens with one attached hydrogen (secondary N) is 1. The highest BCUT2D eigenvalue weighted by Crippen LogP contribution is 2.30. The average Bonchev–Trinajstić information content (AvgIpc) is 3.27. The number of amides is 2. The maximum atomic E-state index is 12.4. The number of rotatable bonds is 1. The topological polar surface area (TPSA) is 85.1 Å². The molecule has 0 aliphatic carbocycles. The maximum absolute atomic E-state index is 12.4. The molecule has 2 aliphatic rings. The van der Waals surface area contributed by atoms with Gasteiger partial charge in [0, 0.05) is 68.7 Å². The molecule has 4 aromatic heterocycles. The number of hydrogen-bond acceptors (Lipinski definition) is 4. The predicted molar refractivity (Wildman–Crippen MR) is 138 cm³/mol. The fourth-order valence-corrected chi connectivity index (χ4v) is 5.52. The number of carbonyl (C=O) groups is 2. The van der Waals surface area contributed by atoms with E-state index >= 15 is 0 Å². The molecule has 176 valence electrons. The van der Waals surface area contributed by atoms with Gasteiger partial charge in [-0.25, -0.2) is 9.97 Å². The molecule has 0 atom stereocenters. The Bertz CT molecular complexity index is 1470. The van der Waals surface area contributed by atoms with Crippen LogP contribution in [-0.4, -0.2) is 55.5 Å². The van der Waals surface area contributed by atoms with Gasteiger partial charge in [-0.3, -0.25) is 9.59 Å². The molecule has 8 nitrogen and oxygen atoms in total. The second-order valence-electron chi connectivity index (χ2n) is 8.41. The lowest BCUT2D eigenvalue weighted by Crippen LogP contribution is -2.37. The fourth-order valence-electron chi connectivity index (χ4n) is 4.92. The van der Waals surface area contributed by atoms with E-state index in [0.717, 1.165) is 79.7 Å². The molecule has 2 aliphatic heterocycles. The van der Waals surface area contributed by atoms with Gasteiger partial charge in [0.1, 0.15) is 20.5 Å². The van der Waals surface area contributed by atoms with Crippen LogP contribution in [0.25, 0.3) is 22.1 Å². The number of likely N-dealkylation sites (N-methyl/N-ethyl adjacent to an activating group) is 1. The van der Waals surface area contributed by atoms with Crippen molar-refractivity contribution in [2.75, 3.05) is 19.6 Å². The number of hydrogen-bond donors (Lipinski definition) is 1. The van der Waals surface area contributed by atoms with Gasteiger partial charge in [-0.1, -0.05) is 0 Å². The molecule has 0 saturated heterocycles. The number of aryl methyl sites for hydroxylation is 2. The van der Waals surface area contributed by atoms with Crippen LogP contribution in [0.15, 0.2) is 33.5 Å². The smallest absolute Gasteiger partial charge is 0.256 e. The van der Waals surface area contributed by atoms with E-state index in [2.05, 4.69) is 47.1 Å². The number of nitrogens with zero attached hydrogens (tertiary/aromatic N) is 5. The Morgan fingerprint density at radius 2 is 1.44 bits per heavy atom. The van der Waals surface area contributed by atoms with Crippen LogP contribution in [0.2, 0.25) is 0 Å². The molecule has 0 saturated carbocycles. The van der Waals surface area contributed by atoms with Crippen molar-refractivity contribution in [3.8, 4) is 0 Å². The van der Waals surface area contributed by atoms with Gasteiger partial charge in [0.15, 0.2) is 0 Å². The van der Waals surface area contributed by atoms with Crippen LogP contribution in [0.5, 0.6) is 0 Å². The molecule has 34 heavy (non-hydrogen) atoms. The van der Waals surface area contributed by atoms with Crippen molar-refractivity contribution in [2.24, 2.45) is 14.1 Å². The lowest BCUT2D eigenvalue weighted by Gasteiger charge is -2.26. The van der Waals surface area contributed by atoms with Gasteiger partial charge in [0.25, 0.3) is 11.8 Å². The summed E-state index contributed by atoms with van der Waals surface area (Å²) in [6, 6.07) is 7.67. The van der Waals surface area contributed by atoms with Gasteiger partial charge in [-0.05, 0) is 63.0 Å². The van der Waals surface area contributed by atoms with Crippen molar-refractivity contribution in [3.05, 3.63) is 56.0 Å². The quantitative estimate of drug-likeness (QED) is 0.341. The second kappa shape index (κ2) is 8.81. The van der Waals surface area contributed by atoms with E-state index in [1.165, 1.54) is 0 Å². The van der Waals surface area contributed by atoms with Crippen LogP contribution in [0.3, 0.4) is 0 Å². The number of halogens is 2. The first-order chi connectivity index (χ1) is 16.3. The zero-order chi connectivity index (χ0) is 24.1. The highest BCUT2D eigenvalue weighted by molar-refractivity contribution is 9.10. The van der Waals surface area contributed by atoms with Crippen molar-refractivity contribution in [3.63, 3.8) is 0 Å². The minimum Gasteiger partial charge on any atom is -0.352 e. The van der Waals surface area contributed by atoms with E-state index in [-0.39, 0.29) is 11.8 Å². The third-order valence-corrected chi connectivity index (χ3v) is 7.50. The van der Waals surface area contributed by atoms with E-state index in [4.69, 9.17) is 0 Å². The van der Waals surface area contributed by atoms with Gasteiger partial charge in [-0.2, -0.15) is 0 Å². The Morgan fingerprint density at radius 3 is 2.03 bits per heavy atom. The van der Waals surface area contributed by atoms with E-state index in [9.17, 15) is 9.59 Å². The zero-order valence-corrected chi connectivity index (χ0v) is 22.3. The van der Waals surface area contributed by atoms with Crippen LogP contribution in [0.4, 0.5) is 0 Å².